The number of aryl methyl sites for hydroxylation is 1. The third kappa shape index (κ3) is 2.65. The van der Waals surface area contributed by atoms with Gasteiger partial charge in [-0.2, -0.15) is 0 Å². The minimum absolute atomic E-state index is 0.298. The number of carbonyl (C=O) groups excluding carboxylic acids is 2. The highest BCUT2D eigenvalue weighted by atomic mass is 79.9. The van der Waals surface area contributed by atoms with Gasteiger partial charge in [0.05, 0.1) is 12.2 Å². The van der Waals surface area contributed by atoms with Gasteiger partial charge in [-0.1, -0.05) is 15.9 Å². The van der Waals surface area contributed by atoms with E-state index in [1.165, 1.54) is 0 Å². The van der Waals surface area contributed by atoms with Crippen LogP contribution in [0.25, 0.3) is 0 Å². The topological polar surface area (TPSA) is 43.4 Å². The maximum Gasteiger partial charge on any atom is 0.338 e. The lowest BCUT2D eigenvalue weighted by molar-refractivity contribution is 0.0524. The number of rotatable bonds is 3. The molecule has 0 atom stereocenters. The molecule has 0 amide bonds. The lowest BCUT2D eigenvalue weighted by Gasteiger charge is -2.07. The van der Waals surface area contributed by atoms with Crippen LogP contribution in [0, 0.1) is 6.92 Å². The third-order valence-corrected chi connectivity index (χ3v) is 2.81. The molecule has 1 rings (SSSR count). The summed E-state index contributed by atoms with van der Waals surface area (Å²) in [5.74, 6) is -0.463. The predicted octanol–water partition coefficient (Wildman–Crippen LogP) is 2.75. The standard InChI is InChI=1S/C11H11BrO3/c1-3-15-11(14)9-4-7(2)10(12)5-8(9)6-13/h4-6H,3H2,1-2H3. The van der Waals surface area contributed by atoms with Gasteiger partial charge in [-0.05, 0) is 31.5 Å². The van der Waals surface area contributed by atoms with Crippen molar-refractivity contribution in [1.82, 2.24) is 0 Å². The zero-order valence-corrected chi connectivity index (χ0v) is 10.1. The van der Waals surface area contributed by atoms with E-state index in [0.29, 0.717) is 24.0 Å². The molecule has 0 spiro atoms. The molecule has 1 aromatic rings. The number of halogens is 1. The molecule has 80 valence electrons. The number of hydrogen-bond acceptors (Lipinski definition) is 3. The van der Waals surface area contributed by atoms with Crippen molar-refractivity contribution in [3.8, 4) is 0 Å². The first-order chi connectivity index (χ1) is 7.10. The van der Waals surface area contributed by atoms with E-state index in [1.54, 1.807) is 19.1 Å². The lowest BCUT2D eigenvalue weighted by Crippen LogP contribution is -2.08. The Kier molecular flexibility index (Phi) is 4.03. The smallest absolute Gasteiger partial charge is 0.338 e. The fraction of sp³-hybridized carbons (Fsp3) is 0.273. The quantitative estimate of drug-likeness (QED) is 0.627. The van der Waals surface area contributed by atoms with Crippen LogP contribution in [-0.4, -0.2) is 18.9 Å². The summed E-state index contributed by atoms with van der Waals surface area (Å²) >= 11 is 3.30. The van der Waals surface area contributed by atoms with Crippen molar-refractivity contribution in [3.05, 3.63) is 33.3 Å². The highest BCUT2D eigenvalue weighted by molar-refractivity contribution is 9.10. The Labute approximate surface area is 96.6 Å². The summed E-state index contributed by atoms with van der Waals surface area (Å²) in [6.45, 7) is 3.87. The van der Waals surface area contributed by atoms with Crippen molar-refractivity contribution in [1.29, 1.82) is 0 Å². The molecular formula is C11H11BrO3. The number of esters is 1. The SMILES string of the molecule is CCOC(=O)c1cc(C)c(Br)cc1C=O. The molecule has 0 aliphatic rings. The first-order valence-corrected chi connectivity index (χ1v) is 5.32. The van der Waals surface area contributed by atoms with Crippen molar-refractivity contribution < 1.29 is 14.3 Å². The van der Waals surface area contributed by atoms with E-state index in [1.807, 2.05) is 6.92 Å². The van der Waals surface area contributed by atoms with Crippen LogP contribution in [-0.2, 0) is 4.74 Å². The summed E-state index contributed by atoms with van der Waals surface area (Å²) in [4.78, 5) is 22.3. The number of ether oxygens (including phenoxy) is 1. The molecule has 4 heteroatoms. The molecule has 0 aliphatic carbocycles. The molecule has 0 saturated carbocycles. The molecule has 0 radical (unpaired) electrons. The largest absolute Gasteiger partial charge is 0.462 e. The van der Waals surface area contributed by atoms with Crippen LogP contribution < -0.4 is 0 Å². The Morgan fingerprint density at radius 1 is 1.53 bits per heavy atom. The van der Waals surface area contributed by atoms with Gasteiger partial charge in [-0.3, -0.25) is 4.79 Å². The van der Waals surface area contributed by atoms with Crippen molar-refractivity contribution in [2.24, 2.45) is 0 Å². The van der Waals surface area contributed by atoms with Crippen molar-refractivity contribution >= 4 is 28.2 Å². The van der Waals surface area contributed by atoms with Gasteiger partial charge in [0.15, 0.2) is 6.29 Å². The van der Waals surface area contributed by atoms with Crippen LogP contribution in [0.2, 0.25) is 0 Å². The molecule has 0 bridgehead atoms. The van der Waals surface area contributed by atoms with Crippen LogP contribution in [0.5, 0.6) is 0 Å². The van der Waals surface area contributed by atoms with Gasteiger partial charge < -0.3 is 4.74 Å². The third-order valence-electron chi connectivity index (χ3n) is 1.95. The summed E-state index contributed by atoms with van der Waals surface area (Å²) in [7, 11) is 0. The Balaban J connectivity index is 3.21. The van der Waals surface area contributed by atoms with Crippen LogP contribution >= 0.6 is 15.9 Å². The van der Waals surface area contributed by atoms with E-state index < -0.39 is 5.97 Å². The van der Waals surface area contributed by atoms with Gasteiger partial charge >= 0.3 is 5.97 Å². The van der Waals surface area contributed by atoms with E-state index in [2.05, 4.69) is 15.9 Å². The van der Waals surface area contributed by atoms with E-state index in [4.69, 9.17) is 4.74 Å². The Morgan fingerprint density at radius 2 is 2.20 bits per heavy atom. The van der Waals surface area contributed by atoms with Crippen molar-refractivity contribution in [2.45, 2.75) is 13.8 Å². The van der Waals surface area contributed by atoms with Crippen LogP contribution in [0.4, 0.5) is 0 Å². The molecule has 0 unspecified atom stereocenters. The Hall–Kier alpha value is -1.16. The van der Waals surface area contributed by atoms with Gasteiger partial charge in [0.25, 0.3) is 0 Å². The number of benzene rings is 1. The van der Waals surface area contributed by atoms with E-state index >= 15 is 0 Å². The fourth-order valence-electron chi connectivity index (χ4n) is 1.18. The first-order valence-electron chi connectivity index (χ1n) is 4.52. The number of aldehydes is 1. The maximum absolute atomic E-state index is 11.5. The average Bonchev–Trinajstić information content (AvgIpc) is 2.21. The normalized spacial score (nSPS) is 9.80. The molecule has 15 heavy (non-hydrogen) atoms. The van der Waals surface area contributed by atoms with E-state index in [0.717, 1.165) is 10.0 Å². The molecule has 3 nitrogen and oxygen atoms in total. The zero-order valence-electron chi connectivity index (χ0n) is 8.54. The minimum atomic E-state index is -0.463. The van der Waals surface area contributed by atoms with Gasteiger partial charge in [-0.15, -0.1) is 0 Å². The second-order valence-electron chi connectivity index (χ2n) is 3.03. The molecule has 0 N–H and O–H groups in total. The Bertz CT molecular complexity index is 399. The first kappa shape index (κ1) is 11.9. The molecule has 0 aliphatic heterocycles. The van der Waals surface area contributed by atoms with Gasteiger partial charge in [0.1, 0.15) is 0 Å². The molecular weight excluding hydrogens is 260 g/mol. The Morgan fingerprint density at radius 3 is 2.73 bits per heavy atom. The highest BCUT2D eigenvalue weighted by Gasteiger charge is 2.13. The van der Waals surface area contributed by atoms with E-state index in [-0.39, 0.29) is 0 Å². The predicted molar refractivity (Wildman–Crippen MR) is 60.2 cm³/mol. The second kappa shape index (κ2) is 5.07. The van der Waals surface area contributed by atoms with Crippen LogP contribution in [0.1, 0.15) is 33.2 Å². The summed E-state index contributed by atoms with van der Waals surface area (Å²) in [6.07, 6.45) is 0.649. The molecule has 0 heterocycles. The fourth-order valence-corrected chi connectivity index (χ4v) is 1.54. The summed E-state index contributed by atoms with van der Waals surface area (Å²) < 4.78 is 5.66. The summed E-state index contributed by atoms with van der Waals surface area (Å²) in [5.41, 5.74) is 1.54. The average molecular weight is 271 g/mol. The summed E-state index contributed by atoms with van der Waals surface area (Å²) in [6, 6.07) is 3.26. The monoisotopic (exact) mass is 270 g/mol. The number of carbonyl (C=O) groups is 2. The molecule has 0 saturated heterocycles. The van der Waals surface area contributed by atoms with Gasteiger partial charge in [-0.25, -0.2) is 4.79 Å². The van der Waals surface area contributed by atoms with Crippen molar-refractivity contribution in [2.75, 3.05) is 6.61 Å². The zero-order chi connectivity index (χ0) is 11.4. The van der Waals surface area contributed by atoms with Crippen LogP contribution in [0.3, 0.4) is 0 Å². The number of hydrogen-bond donors (Lipinski definition) is 0. The van der Waals surface area contributed by atoms with Crippen molar-refractivity contribution in [3.63, 3.8) is 0 Å². The van der Waals surface area contributed by atoms with Gasteiger partial charge in [0, 0.05) is 10.0 Å². The van der Waals surface area contributed by atoms with Gasteiger partial charge in [0.2, 0.25) is 0 Å². The highest BCUT2D eigenvalue weighted by Crippen LogP contribution is 2.21. The summed E-state index contributed by atoms with van der Waals surface area (Å²) in [5, 5.41) is 0. The molecule has 0 fully saturated rings. The lowest BCUT2D eigenvalue weighted by atomic mass is 10.1. The van der Waals surface area contributed by atoms with Crippen LogP contribution in [0.15, 0.2) is 16.6 Å². The second-order valence-corrected chi connectivity index (χ2v) is 3.88. The maximum atomic E-state index is 11.5. The van der Waals surface area contributed by atoms with E-state index in [9.17, 15) is 9.59 Å². The minimum Gasteiger partial charge on any atom is -0.462 e. The molecule has 1 aromatic carbocycles. The molecule has 0 aromatic heterocycles.